The fourth-order valence-electron chi connectivity index (χ4n) is 3.83. The molecule has 0 spiro atoms. The molecule has 1 heterocycles. The molecule has 0 radical (unpaired) electrons. The maximum atomic E-state index is 12.4. The maximum Gasteiger partial charge on any atom is 0.401 e. The molecule has 2 fully saturated rings. The number of alkyl halides is 3. The molecule has 0 amide bonds. The van der Waals surface area contributed by atoms with Crippen molar-refractivity contribution in [3.8, 4) is 0 Å². The van der Waals surface area contributed by atoms with Gasteiger partial charge in [-0.25, -0.2) is 0 Å². The first-order valence-corrected chi connectivity index (χ1v) is 9.20. The van der Waals surface area contributed by atoms with Crippen molar-refractivity contribution in [2.45, 2.75) is 51.1 Å². The summed E-state index contributed by atoms with van der Waals surface area (Å²) in [4.78, 5) is 5.69. The van der Waals surface area contributed by atoms with Crippen molar-refractivity contribution in [1.29, 1.82) is 0 Å². The number of hydrogen-bond acceptors (Lipinski definition) is 2. The van der Waals surface area contributed by atoms with Gasteiger partial charge in [0.2, 0.25) is 0 Å². The first kappa shape index (κ1) is 22.8. The summed E-state index contributed by atoms with van der Waals surface area (Å²) in [5, 5.41) is 6.57. The Bertz CT molecular complexity index is 398. The fraction of sp³-hybridized carbons (Fsp3) is 0.941. The van der Waals surface area contributed by atoms with Crippen LogP contribution in [0.4, 0.5) is 13.2 Å². The van der Waals surface area contributed by atoms with E-state index in [9.17, 15) is 13.2 Å². The van der Waals surface area contributed by atoms with Crippen LogP contribution in [0.2, 0.25) is 0 Å². The van der Waals surface area contributed by atoms with E-state index in [4.69, 9.17) is 0 Å². The average molecular weight is 476 g/mol. The highest BCUT2D eigenvalue weighted by Crippen LogP contribution is 2.28. The van der Waals surface area contributed by atoms with Crippen molar-refractivity contribution in [3.05, 3.63) is 0 Å². The van der Waals surface area contributed by atoms with Gasteiger partial charge in [0.1, 0.15) is 0 Å². The molecule has 1 saturated heterocycles. The molecule has 0 aromatic heterocycles. The van der Waals surface area contributed by atoms with E-state index in [1.165, 1.54) is 37.0 Å². The lowest BCUT2D eigenvalue weighted by molar-refractivity contribution is -0.143. The van der Waals surface area contributed by atoms with Crippen LogP contribution in [0.5, 0.6) is 0 Å². The first-order valence-electron chi connectivity index (χ1n) is 9.20. The van der Waals surface area contributed by atoms with Crippen LogP contribution in [0.1, 0.15) is 44.9 Å². The second-order valence-corrected chi connectivity index (χ2v) is 7.18. The van der Waals surface area contributed by atoms with E-state index in [1.807, 2.05) is 0 Å². The van der Waals surface area contributed by atoms with E-state index < -0.39 is 12.7 Å². The van der Waals surface area contributed by atoms with Gasteiger partial charge in [-0.1, -0.05) is 25.7 Å². The predicted octanol–water partition coefficient (Wildman–Crippen LogP) is 3.62. The summed E-state index contributed by atoms with van der Waals surface area (Å²) in [5.41, 5.74) is 0. The smallest absolute Gasteiger partial charge is 0.356 e. The molecular formula is C17H32F3IN4. The van der Waals surface area contributed by atoms with Crippen LogP contribution in [0, 0.1) is 11.8 Å². The van der Waals surface area contributed by atoms with Crippen molar-refractivity contribution >= 4 is 29.9 Å². The molecule has 0 aromatic carbocycles. The van der Waals surface area contributed by atoms with Gasteiger partial charge < -0.3 is 10.6 Å². The molecule has 1 saturated carbocycles. The minimum atomic E-state index is -4.10. The summed E-state index contributed by atoms with van der Waals surface area (Å²) in [6, 6.07) is 0. The van der Waals surface area contributed by atoms with Crippen LogP contribution >= 0.6 is 24.0 Å². The Kier molecular flexibility index (Phi) is 10.4. The number of rotatable bonds is 7. The van der Waals surface area contributed by atoms with Crippen molar-refractivity contribution in [2.75, 3.05) is 39.8 Å². The van der Waals surface area contributed by atoms with Crippen LogP contribution in [0.25, 0.3) is 0 Å². The molecule has 0 bridgehead atoms. The van der Waals surface area contributed by atoms with Crippen LogP contribution in [0.15, 0.2) is 4.99 Å². The molecule has 2 aliphatic rings. The number of hydrogen-bond donors (Lipinski definition) is 2. The van der Waals surface area contributed by atoms with Crippen molar-refractivity contribution in [1.82, 2.24) is 15.5 Å². The monoisotopic (exact) mass is 476 g/mol. The van der Waals surface area contributed by atoms with Crippen LogP contribution in [-0.4, -0.2) is 56.8 Å². The van der Waals surface area contributed by atoms with Gasteiger partial charge in [-0.3, -0.25) is 9.89 Å². The van der Waals surface area contributed by atoms with E-state index in [-0.39, 0.29) is 29.9 Å². The highest BCUT2D eigenvalue weighted by Gasteiger charge is 2.34. The molecule has 1 atom stereocenters. The predicted molar refractivity (Wildman–Crippen MR) is 107 cm³/mol. The second kappa shape index (κ2) is 11.5. The number of guanidine groups is 1. The molecule has 2 N–H and O–H groups in total. The molecule has 1 aliphatic carbocycles. The third-order valence-corrected chi connectivity index (χ3v) is 5.11. The summed E-state index contributed by atoms with van der Waals surface area (Å²) in [6.07, 6.45) is 4.66. The largest absolute Gasteiger partial charge is 0.401 e. The lowest BCUT2D eigenvalue weighted by atomic mass is 10.0. The van der Waals surface area contributed by atoms with Crippen LogP contribution < -0.4 is 10.6 Å². The molecule has 1 aliphatic heterocycles. The molecule has 25 heavy (non-hydrogen) atoms. The third kappa shape index (κ3) is 9.30. The molecule has 0 aromatic rings. The lowest BCUT2D eigenvalue weighted by Crippen LogP contribution is -2.41. The summed E-state index contributed by atoms with van der Waals surface area (Å²) >= 11 is 0. The number of nitrogens with one attached hydrogen (secondary N) is 2. The van der Waals surface area contributed by atoms with Crippen molar-refractivity contribution in [2.24, 2.45) is 16.8 Å². The zero-order valence-electron chi connectivity index (χ0n) is 15.1. The number of aliphatic imine (C=N–C) groups is 1. The van der Waals surface area contributed by atoms with Gasteiger partial charge in [0.15, 0.2) is 5.96 Å². The fourth-order valence-corrected chi connectivity index (χ4v) is 3.83. The Labute approximate surface area is 166 Å². The highest BCUT2D eigenvalue weighted by molar-refractivity contribution is 14.0. The zero-order valence-corrected chi connectivity index (χ0v) is 17.4. The zero-order chi connectivity index (χ0) is 17.4. The SMILES string of the molecule is CN=C(NCCCC1CCCC1)NCC1CCN(CC(F)(F)F)C1.I. The molecule has 4 nitrogen and oxygen atoms in total. The van der Waals surface area contributed by atoms with Gasteiger partial charge >= 0.3 is 6.18 Å². The molecule has 8 heteroatoms. The van der Waals surface area contributed by atoms with Gasteiger partial charge in [0.05, 0.1) is 6.54 Å². The molecular weight excluding hydrogens is 444 g/mol. The summed E-state index contributed by atoms with van der Waals surface area (Å²) in [6.45, 7) is 1.82. The minimum absolute atomic E-state index is 0. The van der Waals surface area contributed by atoms with Gasteiger partial charge in [-0.15, -0.1) is 24.0 Å². The van der Waals surface area contributed by atoms with Crippen LogP contribution in [0.3, 0.4) is 0 Å². The summed E-state index contributed by atoms with van der Waals surface area (Å²) < 4.78 is 37.2. The van der Waals surface area contributed by atoms with Crippen molar-refractivity contribution < 1.29 is 13.2 Å². The van der Waals surface area contributed by atoms with E-state index in [1.54, 1.807) is 7.05 Å². The summed E-state index contributed by atoms with van der Waals surface area (Å²) in [7, 11) is 1.73. The third-order valence-electron chi connectivity index (χ3n) is 5.11. The average Bonchev–Trinajstić information content (AvgIpc) is 3.17. The summed E-state index contributed by atoms with van der Waals surface area (Å²) in [5.74, 6) is 1.92. The Morgan fingerprint density at radius 3 is 2.48 bits per heavy atom. The lowest BCUT2D eigenvalue weighted by Gasteiger charge is -2.19. The highest BCUT2D eigenvalue weighted by atomic mass is 127. The number of likely N-dealkylation sites (tertiary alicyclic amines) is 1. The Hall–Kier alpha value is -0.250. The Balaban J connectivity index is 0.00000312. The second-order valence-electron chi connectivity index (χ2n) is 7.18. The topological polar surface area (TPSA) is 39.7 Å². The standard InChI is InChI=1S/C17H31F3N4.HI/c1-21-16(22-9-4-7-14-5-2-3-6-14)23-11-15-8-10-24(12-15)13-17(18,19)20;/h14-15H,2-13H2,1H3,(H2,21,22,23);1H. The molecule has 148 valence electrons. The van der Waals surface area contributed by atoms with E-state index >= 15 is 0 Å². The maximum absolute atomic E-state index is 12.4. The number of halogens is 4. The van der Waals surface area contributed by atoms with Crippen molar-refractivity contribution in [3.63, 3.8) is 0 Å². The van der Waals surface area contributed by atoms with Gasteiger partial charge in [0.25, 0.3) is 0 Å². The molecule has 2 rings (SSSR count). The number of nitrogens with zero attached hydrogens (tertiary/aromatic N) is 2. The first-order chi connectivity index (χ1) is 11.5. The van der Waals surface area contributed by atoms with E-state index in [0.717, 1.165) is 31.3 Å². The van der Waals surface area contributed by atoms with Gasteiger partial charge in [0, 0.05) is 26.7 Å². The molecule has 1 unspecified atom stereocenters. The Morgan fingerprint density at radius 1 is 1.12 bits per heavy atom. The van der Waals surface area contributed by atoms with Gasteiger partial charge in [-0.2, -0.15) is 13.2 Å². The van der Waals surface area contributed by atoms with E-state index in [0.29, 0.717) is 19.6 Å². The van der Waals surface area contributed by atoms with Crippen LogP contribution in [-0.2, 0) is 0 Å². The quantitative estimate of drug-likeness (QED) is 0.255. The van der Waals surface area contributed by atoms with E-state index in [2.05, 4.69) is 15.6 Å². The van der Waals surface area contributed by atoms with Gasteiger partial charge in [-0.05, 0) is 37.6 Å². The Morgan fingerprint density at radius 2 is 1.84 bits per heavy atom. The normalized spacial score (nSPS) is 22.9. The minimum Gasteiger partial charge on any atom is -0.356 e.